The van der Waals surface area contributed by atoms with E-state index in [0.29, 0.717) is 17.5 Å². The summed E-state index contributed by atoms with van der Waals surface area (Å²) in [5, 5.41) is 0. The van der Waals surface area contributed by atoms with Crippen LogP contribution in [0.2, 0.25) is 0 Å². The highest BCUT2D eigenvalue weighted by Gasteiger charge is 2.47. The number of alkyl halides is 3. The normalized spacial score (nSPS) is 19.3. The molecule has 2 aromatic carbocycles. The molecule has 26 heavy (non-hydrogen) atoms. The summed E-state index contributed by atoms with van der Waals surface area (Å²) in [6.07, 6.45) is -4.30. The number of rotatable bonds is 4. The number of halogens is 3. The molecule has 1 aliphatic rings. The van der Waals surface area contributed by atoms with Crippen LogP contribution < -0.4 is 0 Å². The standard InChI is InChI=1S/C20H17F3O3/c1-26-17(24)12-19(11-14-6-2-3-8-16(14)18(19)25)10-13-5-4-7-15(9-13)20(21,22)23/h2-9H,10-12H2,1H3/t19-/m0/s1. The molecule has 0 aliphatic heterocycles. The van der Waals surface area contributed by atoms with Gasteiger partial charge in [0.15, 0.2) is 5.78 Å². The third-order valence-electron chi connectivity index (χ3n) is 4.78. The fraction of sp³-hybridized carbons (Fsp3) is 0.300. The quantitative estimate of drug-likeness (QED) is 0.765. The third kappa shape index (κ3) is 3.36. The van der Waals surface area contributed by atoms with Crippen molar-refractivity contribution in [3.8, 4) is 0 Å². The molecule has 136 valence electrons. The lowest BCUT2D eigenvalue weighted by atomic mass is 9.75. The van der Waals surface area contributed by atoms with Crippen LogP contribution >= 0.6 is 0 Å². The van der Waals surface area contributed by atoms with Crippen molar-refractivity contribution in [1.82, 2.24) is 0 Å². The number of ether oxygens (including phenoxy) is 1. The van der Waals surface area contributed by atoms with Crippen molar-refractivity contribution in [3.63, 3.8) is 0 Å². The number of methoxy groups -OCH3 is 1. The van der Waals surface area contributed by atoms with E-state index in [1.807, 2.05) is 0 Å². The highest BCUT2D eigenvalue weighted by atomic mass is 19.4. The Bertz CT molecular complexity index is 857. The van der Waals surface area contributed by atoms with Crippen molar-refractivity contribution in [2.45, 2.75) is 25.4 Å². The Labute approximate surface area is 148 Å². The van der Waals surface area contributed by atoms with Crippen molar-refractivity contribution >= 4 is 11.8 Å². The van der Waals surface area contributed by atoms with E-state index in [4.69, 9.17) is 4.74 Å². The van der Waals surface area contributed by atoms with Crippen molar-refractivity contribution in [2.24, 2.45) is 5.41 Å². The Balaban J connectivity index is 1.99. The SMILES string of the molecule is COC(=O)C[C@]1(Cc2cccc(C(F)(F)F)c2)Cc2ccccc2C1=O. The fourth-order valence-corrected chi connectivity index (χ4v) is 3.57. The van der Waals surface area contributed by atoms with Gasteiger partial charge in [-0.1, -0.05) is 42.5 Å². The van der Waals surface area contributed by atoms with Gasteiger partial charge in [0.2, 0.25) is 0 Å². The second kappa shape index (κ2) is 6.59. The average molecular weight is 362 g/mol. The van der Waals surface area contributed by atoms with E-state index in [1.54, 1.807) is 30.3 Å². The molecular formula is C20H17F3O3. The van der Waals surface area contributed by atoms with Gasteiger partial charge in [-0.25, -0.2) is 0 Å². The Morgan fingerprint density at radius 3 is 2.54 bits per heavy atom. The van der Waals surface area contributed by atoms with Crippen LogP contribution in [0, 0.1) is 5.41 Å². The zero-order valence-corrected chi connectivity index (χ0v) is 14.1. The molecule has 0 unspecified atom stereocenters. The van der Waals surface area contributed by atoms with Gasteiger partial charge in [-0.2, -0.15) is 13.2 Å². The molecule has 0 saturated heterocycles. The lowest BCUT2D eigenvalue weighted by Gasteiger charge is -2.26. The first-order valence-corrected chi connectivity index (χ1v) is 8.11. The van der Waals surface area contributed by atoms with Gasteiger partial charge in [0.25, 0.3) is 0 Å². The molecular weight excluding hydrogens is 345 g/mol. The molecule has 0 spiro atoms. The summed E-state index contributed by atoms with van der Waals surface area (Å²) in [5.74, 6) is -0.783. The molecule has 0 bridgehead atoms. The average Bonchev–Trinajstić information content (AvgIpc) is 2.86. The topological polar surface area (TPSA) is 43.4 Å². The molecule has 6 heteroatoms. The van der Waals surface area contributed by atoms with E-state index in [9.17, 15) is 22.8 Å². The largest absolute Gasteiger partial charge is 0.469 e. The first-order chi connectivity index (χ1) is 12.2. The maximum atomic E-state index is 13.0. The first kappa shape index (κ1) is 18.2. The molecule has 3 rings (SSSR count). The number of hydrogen-bond acceptors (Lipinski definition) is 3. The number of hydrogen-bond donors (Lipinski definition) is 0. The second-order valence-corrected chi connectivity index (χ2v) is 6.57. The Kier molecular flexibility index (Phi) is 4.61. The van der Waals surface area contributed by atoms with Gasteiger partial charge in [-0.05, 0) is 30.0 Å². The van der Waals surface area contributed by atoms with Crippen LogP contribution in [-0.4, -0.2) is 18.9 Å². The van der Waals surface area contributed by atoms with E-state index in [-0.39, 0.29) is 18.6 Å². The van der Waals surface area contributed by atoms with E-state index in [1.165, 1.54) is 13.2 Å². The van der Waals surface area contributed by atoms with Crippen molar-refractivity contribution in [3.05, 3.63) is 70.8 Å². The molecule has 0 radical (unpaired) electrons. The lowest BCUT2D eigenvalue weighted by Crippen LogP contribution is -2.34. The summed E-state index contributed by atoms with van der Waals surface area (Å²) < 4.78 is 43.7. The lowest BCUT2D eigenvalue weighted by molar-refractivity contribution is -0.143. The number of fused-ring (bicyclic) bond motifs is 1. The molecule has 2 aromatic rings. The summed E-state index contributed by atoms with van der Waals surface area (Å²) >= 11 is 0. The number of carbonyl (C=O) groups excluding carboxylic acids is 2. The monoisotopic (exact) mass is 362 g/mol. The van der Waals surface area contributed by atoms with Gasteiger partial charge in [0.05, 0.1) is 24.5 Å². The van der Waals surface area contributed by atoms with Gasteiger partial charge in [0.1, 0.15) is 0 Å². The van der Waals surface area contributed by atoms with E-state index in [0.717, 1.165) is 17.7 Å². The van der Waals surface area contributed by atoms with Gasteiger partial charge >= 0.3 is 12.1 Å². The molecule has 0 saturated carbocycles. The van der Waals surface area contributed by atoms with Crippen molar-refractivity contribution < 1.29 is 27.5 Å². The van der Waals surface area contributed by atoms with E-state index >= 15 is 0 Å². The molecule has 0 fully saturated rings. The van der Waals surface area contributed by atoms with Crippen LogP contribution in [0.3, 0.4) is 0 Å². The van der Waals surface area contributed by atoms with Crippen LogP contribution in [0.1, 0.15) is 33.5 Å². The van der Waals surface area contributed by atoms with Crippen LogP contribution in [-0.2, 0) is 28.5 Å². The summed E-state index contributed by atoms with van der Waals surface area (Å²) in [7, 11) is 1.23. The predicted octanol–water partition coefficient (Wildman–Crippen LogP) is 4.24. The van der Waals surface area contributed by atoms with Crippen molar-refractivity contribution in [2.75, 3.05) is 7.11 Å². The highest BCUT2D eigenvalue weighted by Crippen LogP contribution is 2.43. The number of Topliss-reactive ketones (excluding diaryl/α,β-unsaturated/α-hetero) is 1. The smallest absolute Gasteiger partial charge is 0.416 e. The molecule has 1 atom stereocenters. The molecule has 0 N–H and O–H groups in total. The van der Waals surface area contributed by atoms with Gasteiger partial charge in [-0.3, -0.25) is 9.59 Å². The summed E-state index contributed by atoms with van der Waals surface area (Å²) in [5.41, 5.74) is -0.214. The number of ketones is 1. The minimum atomic E-state index is -4.46. The summed E-state index contributed by atoms with van der Waals surface area (Å²) in [4.78, 5) is 25.0. The van der Waals surface area contributed by atoms with Gasteiger partial charge in [-0.15, -0.1) is 0 Å². The maximum absolute atomic E-state index is 13.0. The zero-order valence-electron chi connectivity index (χ0n) is 14.1. The van der Waals surface area contributed by atoms with Crippen LogP contribution in [0.15, 0.2) is 48.5 Å². The molecule has 0 aromatic heterocycles. The highest BCUT2D eigenvalue weighted by molar-refractivity contribution is 6.06. The van der Waals surface area contributed by atoms with Crippen LogP contribution in [0.25, 0.3) is 0 Å². The fourth-order valence-electron chi connectivity index (χ4n) is 3.57. The number of carbonyl (C=O) groups is 2. The van der Waals surface area contributed by atoms with Crippen LogP contribution in [0.5, 0.6) is 0 Å². The number of benzene rings is 2. The van der Waals surface area contributed by atoms with Crippen LogP contribution in [0.4, 0.5) is 13.2 Å². The number of esters is 1. The summed E-state index contributed by atoms with van der Waals surface area (Å²) in [6, 6.07) is 11.9. The minimum Gasteiger partial charge on any atom is -0.469 e. The Hall–Kier alpha value is -2.63. The van der Waals surface area contributed by atoms with Gasteiger partial charge in [0, 0.05) is 5.56 Å². The maximum Gasteiger partial charge on any atom is 0.416 e. The molecule has 3 nitrogen and oxygen atoms in total. The molecule has 1 aliphatic carbocycles. The Morgan fingerprint density at radius 2 is 1.88 bits per heavy atom. The Morgan fingerprint density at radius 1 is 1.15 bits per heavy atom. The summed E-state index contributed by atoms with van der Waals surface area (Å²) in [6.45, 7) is 0. The minimum absolute atomic E-state index is 0.0412. The predicted molar refractivity (Wildman–Crippen MR) is 88.7 cm³/mol. The molecule has 0 amide bonds. The first-order valence-electron chi connectivity index (χ1n) is 8.11. The van der Waals surface area contributed by atoms with Gasteiger partial charge < -0.3 is 4.74 Å². The zero-order chi connectivity index (χ0) is 18.9. The third-order valence-corrected chi connectivity index (χ3v) is 4.78. The van der Waals surface area contributed by atoms with E-state index in [2.05, 4.69) is 0 Å². The van der Waals surface area contributed by atoms with E-state index < -0.39 is 23.1 Å². The second-order valence-electron chi connectivity index (χ2n) is 6.57. The molecule has 0 heterocycles. The van der Waals surface area contributed by atoms with Crippen molar-refractivity contribution in [1.29, 1.82) is 0 Å².